The third-order valence-electron chi connectivity index (χ3n) is 3.03. The van der Waals surface area contributed by atoms with Gasteiger partial charge in [0.1, 0.15) is 17.1 Å². The fourth-order valence-electron chi connectivity index (χ4n) is 2.24. The van der Waals surface area contributed by atoms with Gasteiger partial charge in [0, 0.05) is 17.3 Å². The topological polar surface area (TPSA) is 83.8 Å². The Kier molecular flexibility index (Phi) is 3.82. The molecule has 1 atom stereocenters. The summed E-state index contributed by atoms with van der Waals surface area (Å²) in [6, 6.07) is 2.88. The summed E-state index contributed by atoms with van der Waals surface area (Å²) in [5.41, 5.74) is 0.518. The van der Waals surface area contributed by atoms with Crippen molar-refractivity contribution in [3.63, 3.8) is 0 Å². The van der Waals surface area contributed by atoms with E-state index in [9.17, 15) is 14.6 Å². The van der Waals surface area contributed by atoms with E-state index in [1.807, 2.05) is 0 Å². The highest BCUT2D eigenvalue weighted by Gasteiger charge is 2.37. The first-order valence-corrected chi connectivity index (χ1v) is 6.16. The van der Waals surface area contributed by atoms with Crippen LogP contribution in [0.3, 0.4) is 0 Å². The number of halogens is 1. The van der Waals surface area contributed by atoms with E-state index < -0.39 is 13.1 Å². The molecule has 7 heteroatoms. The highest BCUT2D eigenvalue weighted by molar-refractivity contribution is 6.47. The number of benzene rings is 1. The number of aromatic carboxylic acids is 1. The highest BCUT2D eigenvalue weighted by atomic mass is 35.5. The molecule has 2 N–H and O–H groups in total. The zero-order valence-corrected chi connectivity index (χ0v) is 11.0. The monoisotopic (exact) mass is 282 g/mol. The third-order valence-corrected chi connectivity index (χ3v) is 3.25. The Hall–Kier alpha value is -1.53. The minimum atomic E-state index is -1.18. The van der Waals surface area contributed by atoms with Crippen molar-refractivity contribution < 1.29 is 24.4 Å². The van der Waals surface area contributed by atoms with Gasteiger partial charge >= 0.3 is 13.1 Å². The van der Waals surface area contributed by atoms with E-state index in [4.69, 9.17) is 21.4 Å². The van der Waals surface area contributed by atoms with Crippen LogP contribution in [0.1, 0.15) is 29.3 Å². The summed E-state index contributed by atoms with van der Waals surface area (Å²) in [6.07, 6.45) is 0.534. The van der Waals surface area contributed by atoms with E-state index in [2.05, 4.69) is 0 Å². The van der Waals surface area contributed by atoms with Crippen molar-refractivity contribution in [2.24, 2.45) is 0 Å². The molecule has 0 amide bonds. The van der Waals surface area contributed by atoms with Crippen molar-refractivity contribution in [2.75, 3.05) is 0 Å². The summed E-state index contributed by atoms with van der Waals surface area (Å²) in [5, 5.41) is 19.2. The maximum absolute atomic E-state index is 11.1. The molecule has 0 radical (unpaired) electrons. The van der Waals surface area contributed by atoms with Crippen molar-refractivity contribution in [1.82, 2.24) is 0 Å². The summed E-state index contributed by atoms with van der Waals surface area (Å²) in [6.45, 7) is 1.43. The second-order valence-electron chi connectivity index (χ2n) is 4.63. The molecular weight excluding hydrogens is 270 g/mol. The predicted molar refractivity (Wildman–Crippen MR) is 69.8 cm³/mol. The van der Waals surface area contributed by atoms with Crippen LogP contribution in [0, 0.1) is 0 Å². The zero-order chi connectivity index (χ0) is 14.2. The summed E-state index contributed by atoms with van der Waals surface area (Å²) in [5.74, 6) is -1.48. The molecule has 0 saturated carbocycles. The number of carboxylic acid groups (broad SMARTS) is 1. The van der Waals surface area contributed by atoms with Gasteiger partial charge in [0.2, 0.25) is 0 Å². The first-order chi connectivity index (χ1) is 8.88. The fourth-order valence-corrected chi connectivity index (χ4v) is 2.48. The molecule has 1 aliphatic heterocycles. The van der Waals surface area contributed by atoms with Crippen LogP contribution in [0.5, 0.6) is 5.75 Å². The number of Topliss-reactive ketones (excluding diaryl/α,β-unsaturated/α-hetero) is 1. The molecule has 0 saturated heterocycles. The van der Waals surface area contributed by atoms with Gasteiger partial charge in [-0.15, -0.1) is 0 Å². The second-order valence-corrected chi connectivity index (χ2v) is 5.06. The molecule has 1 aromatic carbocycles. The standard InChI is InChI=1S/C12H12BClO5/c1-6(15)2-8-3-7-4-9(14)5-10(12(16)17)11(7)19-13(8)18/h4-5,8,18H,2-3H2,1H3,(H,16,17)/t8-/m0/s1. The molecule has 1 aromatic rings. The molecule has 0 bridgehead atoms. The van der Waals surface area contributed by atoms with E-state index in [0.717, 1.165) is 0 Å². The first kappa shape index (κ1) is 13.9. The Balaban J connectivity index is 2.40. The Labute approximate surface area is 115 Å². The van der Waals surface area contributed by atoms with Crippen LogP contribution in [-0.4, -0.2) is 29.0 Å². The Morgan fingerprint density at radius 3 is 2.79 bits per heavy atom. The molecule has 0 unspecified atom stereocenters. The summed E-state index contributed by atoms with van der Waals surface area (Å²) < 4.78 is 5.26. The van der Waals surface area contributed by atoms with Crippen LogP contribution in [0.25, 0.3) is 0 Å². The van der Waals surface area contributed by atoms with Gasteiger partial charge in [-0.1, -0.05) is 11.6 Å². The minimum Gasteiger partial charge on any atom is -0.535 e. The van der Waals surface area contributed by atoms with Crippen molar-refractivity contribution in [3.05, 3.63) is 28.3 Å². The first-order valence-electron chi connectivity index (χ1n) is 5.78. The zero-order valence-electron chi connectivity index (χ0n) is 10.2. The lowest BCUT2D eigenvalue weighted by molar-refractivity contribution is -0.117. The van der Waals surface area contributed by atoms with Crippen LogP contribution in [0.4, 0.5) is 0 Å². The maximum Gasteiger partial charge on any atom is 0.526 e. The Morgan fingerprint density at radius 1 is 1.53 bits per heavy atom. The van der Waals surface area contributed by atoms with Gasteiger partial charge in [0.15, 0.2) is 0 Å². The van der Waals surface area contributed by atoms with Gasteiger partial charge in [0.05, 0.1) is 0 Å². The van der Waals surface area contributed by atoms with Crippen molar-refractivity contribution >= 4 is 30.5 Å². The average Bonchev–Trinajstić information content (AvgIpc) is 2.29. The predicted octanol–water partition coefficient (Wildman–Crippen LogP) is 1.80. The minimum absolute atomic E-state index is 0.0587. The number of rotatable bonds is 3. The lowest BCUT2D eigenvalue weighted by Gasteiger charge is -2.28. The van der Waals surface area contributed by atoms with E-state index >= 15 is 0 Å². The third kappa shape index (κ3) is 2.90. The number of fused-ring (bicyclic) bond motifs is 1. The van der Waals surface area contributed by atoms with Crippen LogP contribution in [0.2, 0.25) is 10.8 Å². The number of carbonyl (C=O) groups is 2. The van der Waals surface area contributed by atoms with Gasteiger partial charge in [-0.3, -0.25) is 0 Å². The van der Waals surface area contributed by atoms with Crippen molar-refractivity contribution in [1.29, 1.82) is 0 Å². The van der Waals surface area contributed by atoms with Crippen LogP contribution in [-0.2, 0) is 11.2 Å². The number of hydrogen-bond acceptors (Lipinski definition) is 4. The van der Waals surface area contributed by atoms with Gasteiger partial charge in [-0.05, 0) is 31.0 Å². The normalized spacial score (nSPS) is 17.6. The molecule has 2 rings (SSSR count). The van der Waals surface area contributed by atoms with Crippen LogP contribution in [0.15, 0.2) is 12.1 Å². The van der Waals surface area contributed by atoms with E-state index in [1.54, 1.807) is 6.07 Å². The highest BCUT2D eigenvalue weighted by Crippen LogP contribution is 2.38. The van der Waals surface area contributed by atoms with E-state index in [1.165, 1.54) is 13.0 Å². The Morgan fingerprint density at radius 2 is 2.21 bits per heavy atom. The smallest absolute Gasteiger partial charge is 0.526 e. The molecule has 1 heterocycles. The molecule has 1 aliphatic rings. The quantitative estimate of drug-likeness (QED) is 0.826. The van der Waals surface area contributed by atoms with Crippen molar-refractivity contribution in [2.45, 2.75) is 25.6 Å². The maximum atomic E-state index is 11.1. The average molecular weight is 282 g/mol. The molecule has 19 heavy (non-hydrogen) atoms. The van der Waals surface area contributed by atoms with Crippen LogP contribution >= 0.6 is 11.6 Å². The van der Waals surface area contributed by atoms with Crippen molar-refractivity contribution in [3.8, 4) is 5.75 Å². The fraction of sp³-hybridized carbons (Fsp3) is 0.333. The summed E-state index contributed by atoms with van der Waals surface area (Å²) >= 11 is 5.87. The number of carboxylic acids is 1. The lowest BCUT2D eigenvalue weighted by Crippen LogP contribution is -2.35. The lowest BCUT2D eigenvalue weighted by atomic mass is 9.64. The summed E-state index contributed by atoms with van der Waals surface area (Å²) in [4.78, 5) is 22.2. The number of ketones is 1. The van der Waals surface area contributed by atoms with Gasteiger partial charge in [0.25, 0.3) is 0 Å². The van der Waals surface area contributed by atoms with E-state index in [0.29, 0.717) is 12.0 Å². The molecule has 100 valence electrons. The molecular formula is C12H12BClO5. The van der Waals surface area contributed by atoms with E-state index in [-0.39, 0.29) is 34.4 Å². The van der Waals surface area contributed by atoms with Crippen LogP contribution < -0.4 is 4.65 Å². The summed E-state index contributed by atoms with van der Waals surface area (Å²) in [7, 11) is -1.18. The number of carbonyl (C=O) groups excluding carboxylic acids is 1. The second kappa shape index (κ2) is 5.23. The molecule has 5 nitrogen and oxygen atoms in total. The molecule has 0 spiro atoms. The van der Waals surface area contributed by atoms with Gasteiger partial charge in [-0.25, -0.2) is 4.79 Å². The largest absolute Gasteiger partial charge is 0.535 e. The molecule has 0 fully saturated rings. The molecule has 0 aliphatic carbocycles. The Bertz CT molecular complexity index is 545. The van der Waals surface area contributed by atoms with Gasteiger partial charge in [-0.2, -0.15) is 0 Å². The number of hydrogen-bond donors (Lipinski definition) is 2. The molecule has 0 aromatic heterocycles. The SMILES string of the molecule is CC(=O)C[C@H]1Cc2cc(Cl)cc(C(=O)O)c2OB1O. The van der Waals surface area contributed by atoms with Gasteiger partial charge < -0.3 is 19.6 Å².